The van der Waals surface area contributed by atoms with E-state index in [1.165, 1.54) is 5.56 Å². The molecule has 1 aromatic carbocycles. The average Bonchev–Trinajstić information content (AvgIpc) is 2.14. The number of rotatable bonds is 4. The van der Waals surface area contributed by atoms with E-state index in [0.717, 1.165) is 5.56 Å². The number of carbonyl (C=O) groups is 1. The van der Waals surface area contributed by atoms with E-state index in [-0.39, 0.29) is 5.91 Å². The van der Waals surface area contributed by atoms with Crippen molar-refractivity contribution in [1.82, 2.24) is 4.90 Å². The van der Waals surface area contributed by atoms with Gasteiger partial charge in [0.1, 0.15) is 0 Å². The Hall–Kier alpha value is -1.35. The van der Waals surface area contributed by atoms with E-state index >= 15 is 0 Å². The Bertz CT molecular complexity index is 393. The van der Waals surface area contributed by atoms with Crippen LogP contribution in [-0.4, -0.2) is 23.4 Å². The second-order valence-electron chi connectivity index (χ2n) is 5.40. The number of hydrogen-bond acceptors (Lipinski definition) is 2. The SMILES string of the molecule is Cc1cccc(CN(C)C(=O)CC(C)(C)N)c1. The molecule has 3 nitrogen and oxygen atoms in total. The minimum atomic E-state index is -0.446. The minimum Gasteiger partial charge on any atom is -0.341 e. The van der Waals surface area contributed by atoms with E-state index in [0.29, 0.717) is 13.0 Å². The van der Waals surface area contributed by atoms with Crippen molar-refractivity contribution >= 4 is 5.91 Å². The second kappa shape index (κ2) is 5.32. The highest BCUT2D eigenvalue weighted by molar-refractivity contribution is 5.77. The molecule has 94 valence electrons. The molecule has 0 radical (unpaired) electrons. The Labute approximate surface area is 104 Å². The van der Waals surface area contributed by atoms with E-state index in [2.05, 4.69) is 6.07 Å². The predicted molar refractivity (Wildman–Crippen MR) is 70.5 cm³/mol. The van der Waals surface area contributed by atoms with Crippen molar-refractivity contribution in [2.45, 2.75) is 39.3 Å². The number of amides is 1. The highest BCUT2D eigenvalue weighted by Gasteiger charge is 2.19. The van der Waals surface area contributed by atoms with Crippen LogP contribution in [0.5, 0.6) is 0 Å². The van der Waals surface area contributed by atoms with Crippen molar-refractivity contribution in [1.29, 1.82) is 0 Å². The van der Waals surface area contributed by atoms with Crippen molar-refractivity contribution in [3.63, 3.8) is 0 Å². The zero-order chi connectivity index (χ0) is 13.1. The molecule has 0 aromatic heterocycles. The molecule has 1 aromatic rings. The highest BCUT2D eigenvalue weighted by atomic mass is 16.2. The Morgan fingerprint density at radius 3 is 2.59 bits per heavy atom. The molecule has 3 heteroatoms. The topological polar surface area (TPSA) is 46.3 Å². The summed E-state index contributed by atoms with van der Waals surface area (Å²) in [5.41, 5.74) is 7.76. The standard InChI is InChI=1S/C14H22N2O/c1-11-6-5-7-12(8-11)10-16(4)13(17)9-14(2,3)15/h5-8H,9-10,15H2,1-4H3. The molecule has 0 saturated carbocycles. The normalized spacial score (nSPS) is 11.4. The van der Waals surface area contributed by atoms with Crippen LogP contribution in [0.25, 0.3) is 0 Å². The van der Waals surface area contributed by atoms with Crippen molar-refractivity contribution in [3.8, 4) is 0 Å². The molecule has 17 heavy (non-hydrogen) atoms. The van der Waals surface area contributed by atoms with Crippen LogP contribution in [0.3, 0.4) is 0 Å². The first-order valence-corrected chi connectivity index (χ1v) is 5.86. The van der Waals surface area contributed by atoms with Gasteiger partial charge in [-0.1, -0.05) is 29.8 Å². The van der Waals surface area contributed by atoms with Crippen LogP contribution >= 0.6 is 0 Å². The number of aryl methyl sites for hydroxylation is 1. The Morgan fingerprint density at radius 2 is 2.06 bits per heavy atom. The first-order chi connectivity index (χ1) is 7.78. The van der Waals surface area contributed by atoms with Crippen LogP contribution in [0.1, 0.15) is 31.4 Å². The van der Waals surface area contributed by atoms with Gasteiger partial charge in [0.2, 0.25) is 5.91 Å². The van der Waals surface area contributed by atoms with Crippen LogP contribution in [0, 0.1) is 6.92 Å². The number of carbonyl (C=O) groups excluding carboxylic acids is 1. The third-order valence-corrected chi connectivity index (χ3v) is 2.53. The first-order valence-electron chi connectivity index (χ1n) is 5.86. The lowest BCUT2D eigenvalue weighted by atomic mass is 10.0. The lowest BCUT2D eigenvalue weighted by molar-refractivity contribution is -0.131. The maximum absolute atomic E-state index is 11.9. The number of benzene rings is 1. The molecule has 0 spiro atoms. The first kappa shape index (κ1) is 13.7. The van der Waals surface area contributed by atoms with Crippen molar-refractivity contribution in [3.05, 3.63) is 35.4 Å². The molecule has 1 amide bonds. The summed E-state index contributed by atoms with van der Waals surface area (Å²) in [7, 11) is 1.82. The van der Waals surface area contributed by atoms with Gasteiger partial charge in [-0.25, -0.2) is 0 Å². The summed E-state index contributed by atoms with van der Waals surface area (Å²) in [5, 5.41) is 0. The van der Waals surface area contributed by atoms with Gasteiger partial charge >= 0.3 is 0 Å². The molecular formula is C14H22N2O. The lowest BCUT2D eigenvalue weighted by Gasteiger charge is -2.23. The fourth-order valence-corrected chi connectivity index (χ4v) is 1.70. The van der Waals surface area contributed by atoms with Gasteiger partial charge in [0, 0.05) is 25.6 Å². The molecule has 1 rings (SSSR count). The summed E-state index contributed by atoms with van der Waals surface area (Å²) >= 11 is 0. The summed E-state index contributed by atoms with van der Waals surface area (Å²) in [6.07, 6.45) is 0.370. The summed E-state index contributed by atoms with van der Waals surface area (Å²) in [6.45, 7) is 6.42. The quantitative estimate of drug-likeness (QED) is 0.867. The van der Waals surface area contributed by atoms with Gasteiger partial charge < -0.3 is 10.6 Å². The largest absolute Gasteiger partial charge is 0.341 e. The van der Waals surface area contributed by atoms with E-state index < -0.39 is 5.54 Å². The molecular weight excluding hydrogens is 212 g/mol. The zero-order valence-corrected chi connectivity index (χ0v) is 11.2. The van der Waals surface area contributed by atoms with E-state index in [9.17, 15) is 4.79 Å². The van der Waals surface area contributed by atoms with Crippen LogP contribution in [0.15, 0.2) is 24.3 Å². The van der Waals surface area contributed by atoms with Gasteiger partial charge in [0.05, 0.1) is 0 Å². The van der Waals surface area contributed by atoms with E-state index in [1.54, 1.807) is 4.90 Å². The second-order valence-corrected chi connectivity index (χ2v) is 5.40. The molecule has 0 fully saturated rings. The van der Waals surface area contributed by atoms with Crippen LogP contribution in [0.4, 0.5) is 0 Å². The average molecular weight is 234 g/mol. The minimum absolute atomic E-state index is 0.0824. The van der Waals surface area contributed by atoms with Crippen molar-refractivity contribution in [2.24, 2.45) is 5.73 Å². The Morgan fingerprint density at radius 1 is 1.41 bits per heavy atom. The number of nitrogens with two attached hydrogens (primary N) is 1. The maximum atomic E-state index is 11.9. The maximum Gasteiger partial charge on any atom is 0.224 e. The monoisotopic (exact) mass is 234 g/mol. The number of hydrogen-bond donors (Lipinski definition) is 1. The fraction of sp³-hybridized carbons (Fsp3) is 0.500. The Balaban J connectivity index is 2.60. The summed E-state index contributed by atoms with van der Waals surface area (Å²) in [4.78, 5) is 13.6. The molecule has 0 aliphatic heterocycles. The fourth-order valence-electron chi connectivity index (χ4n) is 1.70. The molecule has 0 unspecified atom stereocenters. The van der Waals surface area contributed by atoms with Gasteiger partial charge in [-0.15, -0.1) is 0 Å². The van der Waals surface area contributed by atoms with Gasteiger partial charge in [-0.05, 0) is 26.3 Å². The van der Waals surface area contributed by atoms with E-state index in [4.69, 9.17) is 5.73 Å². The Kier molecular flexibility index (Phi) is 4.29. The van der Waals surface area contributed by atoms with Gasteiger partial charge in [0.15, 0.2) is 0 Å². The van der Waals surface area contributed by atoms with Gasteiger partial charge in [0.25, 0.3) is 0 Å². The summed E-state index contributed by atoms with van der Waals surface area (Å²) < 4.78 is 0. The third-order valence-electron chi connectivity index (χ3n) is 2.53. The van der Waals surface area contributed by atoms with Gasteiger partial charge in [-0.3, -0.25) is 4.79 Å². The molecule has 0 aliphatic rings. The van der Waals surface area contributed by atoms with Crippen LogP contribution < -0.4 is 5.73 Å². The number of nitrogens with zero attached hydrogens (tertiary/aromatic N) is 1. The molecule has 0 saturated heterocycles. The lowest BCUT2D eigenvalue weighted by Crippen LogP contribution is -2.39. The zero-order valence-electron chi connectivity index (χ0n) is 11.2. The molecule has 0 aliphatic carbocycles. The molecule has 0 bridgehead atoms. The summed E-state index contributed by atoms with van der Waals surface area (Å²) in [6, 6.07) is 8.19. The van der Waals surface area contributed by atoms with E-state index in [1.807, 2.05) is 46.0 Å². The smallest absolute Gasteiger partial charge is 0.224 e. The predicted octanol–water partition coefficient (Wildman–Crippen LogP) is 2.08. The highest BCUT2D eigenvalue weighted by Crippen LogP contribution is 2.10. The van der Waals surface area contributed by atoms with Crippen molar-refractivity contribution in [2.75, 3.05) is 7.05 Å². The molecule has 2 N–H and O–H groups in total. The van der Waals surface area contributed by atoms with Crippen LogP contribution in [0.2, 0.25) is 0 Å². The third kappa shape index (κ3) is 5.00. The van der Waals surface area contributed by atoms with Crippen molar-refractivity contribution < 1.29 is 4.79 Å². The molecule has 0 atom stereocenters. The van der Waals surface area contributed by atoms with Crippen LogP contribution in [-0.2, 0) is 11.3 Å². The molecule has 0 heterocycles. The van der Waals surface area contributed by atoms with Gasteiger partial charge in [-0.2, -0.15) is 0 Å². The summed E-state index contributed by atoms with van der Waals surface area (Å²) in [5.74, 6) is 0.0824.